The van der Waals surface area contributed by atoms with E-state index in [4.69, 9.17) is 16.3 Å². The van der Waals surface area contributed by atoms with Crippen molar-refractivity contribution in [3.05, 3.63) is 17.2 Å². The highest BCUT2D eigenvalue weighted by Crippen LogP contribution is 2.34. The molecule has 2 unspecified atom stereocenters. The first kappa shape index (κ1) is 16.1. The Morgan fingerprint density at radius 1 is 1.35 bits per heavy atom. The summed E-state index contributed by atoms with van der Waals surface area (Å²) >= 11 is 5.72. The fraction of sp³-hybridized carbons (Fsp3) is 0.533. The van der Waals surface area contributed by atoms with Gasteiger partial charge in [-0.1, -0.05) is 24.9 Å². The van der Waals surface area contributed by atoms with E-state index in [-0.39, 0.29) is 28.4 Å². The average Bonchev–Trinajstić information content (AvgIpc) is 2.72. The van der Waals surface area contributed by atoms with Crippen LogP contribution in [0.5, 0.6) is 6.01 Å². The Morgan fingerprint density at radius 2 is 2.13 bits per heavy atom. The van der Waals surface area contributed by atoms with Crippen LogP contribution >= 0.6 is 11.6 Å². The minimum Gasteiger partial charge on any atom is -0.467 e. The van der Waals surface area contributed by atoms with Gasteiger partial charge < -0.3 is 9.64 Å². The van der Waals surface area contributed by atoms with Gasteiger partial charge in [-0.05, 0) is 12.8 Å². The van der Waals surface area contributed by atoms with Crippen LogP contribution in [0.2, 0.25) is 5.15 Å². The fourth-order valence-electron chi connectivity index (χ4n) is 2.85. The molecule has 3 rings (SSSR count). The molecular weight excluding hydrogens is 326 g/mol. The van der Waals surface area contributed by atoms with Gasteiger partial charge in [-0.15, -0.1) is 0 Å². The summed E-state index contributed by atoms with van der Waals surface area (Å²) in [5.74, 6) is -0.612. The second kappa shape index (κ2) is 6.39. The first-order chi connectivity index (χ1) is 11.0. The van der Waals surface area contributed by atoms with E-state index in [0.717, 1.165) is 19.3 Å². The number of nitrogens with zero attached hydrogens (tertiary/aromatic N) is 4. The summed E-state index contributed by atoms with van der Waals surface area (Å²) in [6.07, 6.45) is 2.74. The van der Waals surface area contributed by atoms with Crippen molar-refractivity contribution < 1.29 is 13.5 Å². The monoisotopic (exact) mass is 342 g/mol. The van der Waals surface area contributed by atoms with Gasteiger partial charge in [0, 0.05) is 18.7 Å². The normalized spacial score (nSPS) is 22.2. The van der Waals surface area contributed by atoms with Gasteiger partial charge in [0.1, 0.15) is 11.3 Å². The van der Waals surface area contributed by atoms with Crippen molar-refractivity contribution in [2.24, 2.45) is 5.92 Å². The summed E-state index contributed by atoms with van der Waals surface area (Å²) in [7, 11) is 1.38. The second-order valence-corrected chi connectivity index (χ2v) is 6.06. The maximum Gasteiger partial charge on any atom is 0.318 e. The highest BCUT2D eigenvalue weighted by molar-refractivity contribution is 6.30. The lowest BCUT2D eigenvalue weighted by molar-refractivity contribution is 0.233. The Hall–Kier alpha value is -1.76. The van der Waals surface area contributed by atoms with E-state index in [1.807, 2.05) is 6.92 Å². The minimum absolute atomic E-state index is 0.0176. The number of methoxy groups -OCH3 is 1. The molecule has 3 heterocycles. The molecule has 1 saturated heterocycles. The standard InChI is InChI=1S/C15H17ClF2N4O/c1-8-5-3-4-6-22(13(8)18)14-9-7-19-12(16)10(17)11(9)20-15(21-14)23-2/h7-8,13H,3-6H2,1-2H3. The van der Waals surface area contributed by atoms with Crippen LogP contribution in [0.15, 0.2) is 6.20 Å². The van der Waals surface area contributed by atoms with Crippen LogP contribution in [0, 0.1) is 11.7 Å². The van der Waals surface area contributed by atoms with Crippen LogP contribution < -0.4 is 9.64 Å². The van der Waals surface area contributed by atoms with Crippen molar-refractivity contribution in [1.29, 1.82) is 0 Å². The molecule has 2 atom stereocenters. The molecule has 0 bridgehead atoms. The Bertz CT molecular complexity index is 730. The van der Waals surface area contributed by atoms with E-state index in [2.05, 4.69) is 15.0 Å². The third kappa shape index (κ3) is 2.89. The fourth-order valence-corrected chi connectivity index (χ4v) is 2.99. The van der Waals surface area contributed by atoms with Gasteiger partial charge in [-0.25, -0.2) is 13.8 Å². The van der Waals surface area contributed by atoms with Gasteiger partial charge in [0.15, 0.2) is 17.3 Å². The zero-order chi connectivity index (χ0) is 16.6. The maximum absolute atomic E-state index is 14.8. The number of rotatable bonds is 2. The van der Waals surface area contributed by atoms with Crippen LogP contribution in [0.3, 0.4) is 0 Å². The summed E-state index contributed by atoms with van der Waals surface area (Å²) in [5, 5.41) is 0.0367. The van der Waals surface area contributed by atoms with E-state index in [1.165, 1.54) is 13.3 Å². The number of hydrogen-bond acceptors (Lipinski definition) is 5. The Labute approximate surface area is 137 Å². The molecule has 2 aromatic heterocycles. The molecule has 2 aromatic rings. The zero-order valence-corrected chi connectivity index (χ0v) is 13.6. The molecule has 0 N–H and O–H groups in total. The van der Waals surface area contributed by atoms with Gasteiger partial charge in [0.05, 0.1) is 12.5 Å². The number of anilines is 1. The highest BCUT2D eigenvalue weighted by atomic mass is 35.5. The van der Waals surface area contributed by atoms with Gasteiger partial charge in [0.2, 0.25) is 0 Å². The first-order valence-corrected chi connectivity index (χ1v) is 7.87. The summed E-state index contributed by atoms with van der Waals surface area (Å²) in [5.41, 5.74) is -0.0176. The van der Waals surface area contributed by atoms with Crippen LogP contribution in [-0.4, -0.2) is 34.9 Å². The Balaban J connectivity index is 2.21. The van der Waals surface area contributed by atoms with Gasteiger partial charge >= 0.3 is 6.01 Å². The lowest BCUT2D eigenvalue weighted by Gasteiger charge is -2.29. The molecular formula is C15H17ClF2N4O. The van der Waals surface area contributed by atoms with Crippen molar-refractivity contribution >= 4 is 28.3 Å². The highest BCUT2D eigenvalue weighted by Gasteiger charge is 2.30. The van der Waals surface area contributed by atoms with Crippen molar-refractivity contribution in [2.45, 2.75) is 32.5 Å². The smallest absolute Gasteiger partial charge is 0.318 e. The number of fused-ring (bicyclic) bond motifs is 1. The Morgan fingerprint density at radius 3 is 2.87 bits per heavy atom. The largest absolute Gasteiger partial charge is 0.467 e. The molecule has 5 nitrogen and oxygen atoms in total. The summed E-state index contributed by atoms with van der Waals surface area (Å²) < 4.78 is 34.1. The van der Waals surface area contributed by atoms with Crippen molar-refractivity contribution in [3.63, 3.8) is 0 Å². The maximum atomic E-state index is 14.8. The molecule has 124 valence electrons. The van der Waals surface area contributed by atoms with Gasteiger partial charge in [-0.3, -0.25) is 0 Å². The summed E-state index contributed by atoms with van der Waals surface area (Å²) in [6, 6.07) is -0.0298. The minimum atomic E-state index is -1.21. The molecule has 0 aromatic carbocycles. The molecule has 0 amide bonds. The van der Waals surface area contributed by atoms with Gasteiger partial charge in [0.25, 0.3) is 0 Å². The topological polar surface area (TPSA) is 51.1 Å². The van der Waals surface area contributed by atoms with Crippen LogP contribution in [0.1, 0.15) is 26.2 Å². The number of pyridine rings is 1. The molecule has 0 aliphatic carbocycles. The third-order valence-corrected chi connectivity index (χ3v) is 4.39. The molecule has 23 heavy (non-hydrogen) atoms. The predicted molar refractivity (Wildman–Crippen MR) is 84.1 cm³/mol. The number of aromatic nitrogens is 3. The van der Waals surface area contributed by atoms with Gasteiger partial charge in [-0.2, -0.15) is 9.97 Å². The summed E-state index contributed by atoms with van der Waals surface area (Å²) in [6.45, 7) is 2.35. The lowest BCUT2D eigenvalue weighted by atomic mass is 10.1. The number of ether oxygens (including phenoxy) is 1. The molecule has 0 spiro atoms. The molecule has 0 radical (unpaired) electrons. The Kier molecular flexibility index (Phi) is 4.48. The van der Waals surface area contributed by atoms with E-state index < -0.39 is 12.1 Å². The van der Waals surface area contributed by atoms with Crippen molar-refractivity contribution in [3.8, 4) is 6.01 Å². The molecule has 1 aliphatic heterocycles. The van der Waals surface area contributed by atoms with E-state index in [9.17, 15) is 8.78 Å². The van der Waals surface area contributed by atoms with Crippen LogP contribution in [0.25, 0.3) is 10.9 Å². The molecule has 0 saturated carbocycles. The first-order valence-electron chi connectivity index (χ1n) is 7.49. The van der Waals surface area contributed by atoms with Crippen LogP contribution in [0.4, 0.5) is 14.6 Å². The summed E-state index contributed by atoms with van der Waals surface area (Å²) in [4.78, 5) is 13.6. The molecule has 1 aliphatic rings. The SMILES string of the molecule is COc1nc(N2CCCCC(C)C2F)c2cnc(Cl)c(F)c2n1. The van der Waals surface area contributed by atoms with E-state index >= 15 is 0 Å². The van der Waals surface area contributed by atoms with Crippen LogP contribution in [-0.2, 0) is 0 Å². The van der Waals surface area contributed by atoms with E-state index in [0.29, 0.717) is 11.9 Å². The molecule has 8 heteroatoms. The predicted octanol–water partition coefficient (Wildman–Crippen LogP) is 3.75. The van der Waals surface area contributed by atoms with Crippen molar-refractivity contribution in [1.82, 2.24) is 15.0 Å². The third-order valence-electron chi connectivity index (χ3n) is 4.13. The van der Waals surface area contributed by atoms with E-state index in [1.54, 1.807) is 4.90 Å². The average molecular weight is 343 g/mol. The van der Waals surface area contributed by atoms with Crippen molar-refractivity contribution in [2.75, 3.05) is 18.6 Å². The molecule has 1 fully saturated rings. The second-order valence-electron chi connectivity index (χ2n) is 5.70. The quantitative estimate of drug-likeness (QED) is 0.614. The zero-order valence-electron chi connectivity index (χ0n) is 12.9. The number of alkyl halides is 1. The lowest BCUT2D eigenvalue weighted by Crippen LogP contribution is -2.36. The number of halogens is 3. The number of hydrogen-bond donors (Lipinski definition) is 0.